The third kappa shape index (κ3) is 10.3. The van der Waals surface area contributed by atoms with Gasteiger partial charge in [0.2, 0.25) is 11.8 Å². The van der Waals surface area contributed by atoms with Crippen LogP contribution >= 0.6 is 0 Å². The van der Waals surface area contributed by atoms with Crippen LogP contribution in [-0.2, 0) is 14.3 Å². The molecule has 1 aliphatic carbocycles. The molecule has 1 fully saturated rings. The molecule has 2 atom stereocenters. The maximum atomic E-state index is 11.8. The van der Waals surface area contributed by atoms with Gasteiger partial charge >= 0.3 is 0 Å². The van der Waals surface area contributed by atoms with Gasteiger partial charge < -0.3 is 21.1 Å². The summed E-state index contributed by atoms with van der Waals surface area (Å²) in [4.78, 5) is 23.3. The molecule has 134 valence electrons. The zero-order valence-corrected chi connectivity index (χ0v) is 14.2. The summed E-state index contributed by atoms with van der Waals surface area (Å²) >= 11 is 0. The predicted octanol–water partition coefficient (Wildman–Crippen LogP) is 0.100. The van der Waals surface area contributed by atoms with E-state index in [0.29, 0.717) is 25.2 Å². The number of nitrogens with two attached hydrogens (primary N) is 1. The van der Waals surface area contributed by atoms with Crippen molar-refractivity contribution in [2.75, 3.05) is 33.5 Å². The molecule has 23 heavy (non-hydrogen) atoms. The number of hydrogen-bond donors (Lipinski definition) is 4. The van der Waals surface area contributed by atoms with Gasteiger partial charge in [0.1, 0.15) is 0 Å². The van der Waals surface area contributed by atoms with E-state index >= 15 is 0 Å². The Morgan fingerprint density at radius 1 is 1.00 bits per heavy atom. The number of carbonyl (C=O) groups excluding carboxylic acids is 2. The first-order chi connectivity index (χ1) is 11.1. The molecule has 0 radical (unpaired) electrons. The molecule has 0 saturated heterocycles. The first kappa shape index (κ1) is 19.9. The maximum Gasteiger partial charge on any atom is 0.239 e. The first-order valence-corrected chi connectivity index (χ1v) is 8.60. The van der Waals surface area contributed by atoms with Gasteiger partial charge in [0.25, 0.3) is 0 Å². The van der Waals surface area contributed by atoms with Crippen molar-refractivity contribution in [2.24, 2.45) is 11.7 Å². The summed E-state index contributed by atoms with van der Waals surface area (Å²) in [6.07, 6.45) is 7.99. The highest BCUT2D eigenvalue weighted by Crippen LogP contribution is 2.20. The number of amides is 2. The molecule has 7 heteroatoms. The van der Waals surface area contributed by atoms with Crippen molar-refractivity contribution in [2.45, 2.75) is 51.0 Å². The third-order valence-electron chi connectivity index (χ3n) is 4.20. The van der Waals surface area contributed by atoms with Gasteiger partial charge in [0.15, 0.2) is 0 Å². The monoisotopic (exact) mass is 328 g/mol. The minimum atomic E-state index is -0.217. The summed E-state index contributed by atoms with van der Waals surface area (Å²) in [6.45, 7) is 1.13. The van der Waals surface area contributed by atoms with Crippen LogP contribution in [0.25, 0.3) is 0 Å². The fourth-order valence-corrected chi connectivity index (χ4v) is 2.79. The quantitative estimate of drug-likeness (QED) is 0.374. The van der Waals surface area contributed by atoms with Crippen LogP contribution in [0.5, 0.6) is 0 Å². The predicted molar refractivity (Wildman–Crippen MR) is 89.7 cm³/mol. The van der Waals surface area contributed by atoms with E-state index in [4.69, 9.17) is 10.5 Å². The second-order valence-electron chi connectivity index (χ2n) is 6.28. The van der Waals surface area contributed by atoms with Gasteiger partial charge in [-0.25, -0.2) is 0 Å². The minimum Gasteiger partial charge on any atom is -0.370 e. The van der Waals surface area contributed by atoms with Crippen LogP contribution in [0.1, 0.15) is 44.9 Å². The average Bonchev–Trinajstić information content (AvgIpc) is 2.64. The summed E-state index contributed by atoms with van der Waals surface area (Å²) in [5, 5.41) is 8.29. The van der Waals surface area contributed by atoms with E-state index in [1.54, 1.807) is 7.11 Å². The van der Waals surface area contributed by atoms with E-state index in [0.717, 1.165) is 25.7 Å². The number of hydrogen-bond acceptors (Lipinski definition) is 5. The molecule has 1 aliphatic rings. The highest BCUT2D eigenvalue weighted by molar-refractivity contribution is 5.85. The summed E-state index contributed by atoms with van der Waals surface area (Å²) in [7, 11) is 1.54. The van der Waals surface area contributed by atoms with E-state index in [1.807, 2.05) is 0 Å². The molecule has 0 aliphatic heterocycles. The van der Waals surface area contributed by atoms with Gasteiger partial charge in [-0.05, 0) is 31.6 Å². The lowest BCUT2D eigenvalue weighted by Crippen LogP contribution is -2.42. The van der Waals surface area contributed by atoms with Gasteiger partial charge in [-0.2, -0.15) is 0 Å². The zero-order chi connectivity index (χ0) is 16.9. The topological polar surface area (TPSA) is 105 Å². The molecule has 2 amide bonds. The number of nitrogens with one attached hydrogen (secondary N) is 3. The van der Waals surface area contributed by atoms with Gasteiger partial charge in [0.05, 0.1) is 19.8 Å². The molecule has 0 bridgehead atoms. The van der Waals surface area contributed by atoms with Crippen LogP contribution in [0.15, 0.2) is 0 Å². The lowest BCUT2D eigenvalue weighted by atomic mass is 9.96. The van der Waals surface area contributed by atoms with E-state index in [-0.39, 0.29) is 24.9 Å². The normalized spacial score (nSPS) is 22.5. The van der Waals surface area contributed by atoms with Crippen LogP contribution in [-0.4, -0.2) is 51.3 Å². The van der Waals surface area contributed by atoms with Crippen molar-refractivity contribution in [1.29, 1.82) is 0 Å². The third-order valence-corrected chi connectivity index (χ3v) is 4.20. The standard InChI is InChI=1S/C16H32N4O3/c1-23-12-18-10-15(21)20-11-16(22)19-9-13-5-3-2-4-6-14(17)8-7-13/h13-14,18H,2-12,17H2,1H3,(H,19,22)(H,20,21). The molecule has 0 aromatic heterocycles. The van der Waals surface area contributed by atoms with Crippen molar-refractivity contribution >= 4 is 11.8 Å². The molecule has 2 unspecified atom stereocenters. The summed E-state index contributed by atoms with van der Waals surface area (Å²) in [5.41, 5.74) is 6.07. The molecular weight excluding hydrogens is 296 g/mol. The van der Waals surface area contributed by atoms with Crippen LogP contribution in [0, 0.1) is 5.92 Å². The van der Waals surface area contributed by atoms with Crippen LogP contribution < -0.4 is 21.7 Å². The van der Waals surface area contributed by atoms with Crippen LogP contribution in [0.4, 0.5) is 0 Å². The van der Waals surface area contributed by atoms with Crippen molar-refractivity contribution in [3.63, 3.8) is 0 Å². The van der Waals surface area contributed by atoms with E-state index in [1.165, 1.54) is 19.3 Å². The Labute approximate surface area is 139 Å². The van der Waals surface area contributed by atoms with Gasteiger partial charge in [-0.15, -0.1) is 0 Å². The number of carbonyl (C=O) groups is 2. The first-order valence-electron chi connectivity index (χ1n) is 8.60. The lowest BCUT2D eigenvalue weighted by molar-refractivity contribution is -0.125. The molecule has 0 heterocycles. The number of methoxy groups -OCH3 is 1. The van der Waals surface area contributed by atoms with E-state index < -0.39 is 0 Å². The van der Waals surface area contributed by atoms with E-state index in [2.05, 4.69) is 16.0 Å². The number of rotatable bonds is 8. The number of ether oxygens (including phenoxy) is 1. The Morgan fingerprint density at radius 3 is 2.52 bits per heavy atom. The van der Waals surface area contributed by atoms with Crippen LogP contribution in [0.3, 0.4) is 0 Å². The van der Waals surface area contributed by atoms with Crippen molar-refractivity contribution in [3.05, 3.63) is 0 Å². The molecular formula is C16H32N4O3. The van der Waals surface area contributed by atoms with E-state index in [9.17, 15) is 9.59 Å². The Kier molecular flexibility index (Phi) is 10.6. The molecule has 7 nitrogen and oxygen atoms in total. The molecule has 5 N–H and O–H groups in total. The van der Waals surface area contributed by atoms with Gasteiger partial charge in [-0.3, -0.25) is 14.9 Å². The smallest absolute Gasteiger partial charge is 0.239 e. The maximum absolute atomic E-state index is 11.8. The zero-order valence-electron chi connectivity index (χ0n) is 14.2. The molecule has 1 saturated carbocycles. The molecule has 1 rings (SSSR count). The van der Waals surface area contributed by atoms with Gasteiger partial charge in [0, 0.05) is 19.7 Å². The fourth-order valence-electron chi connectivity index (χ4n) is 2.79. The second kappa shape index (κ2) is 12.3. The van der Waals surface area contributed by atoms with Crippen molar-refractivity contribution in [3.8, 4) is 0 Å². The molecule has 0 aromatic carbocycles. The summed E-state index contributed by atoms with van der Waals surface area (Å²) in [5.74, 6) is 0.127. The largest absolute Gasteiger partial charge is 0.370 e. The lowest BCUT2D eigenvalue weighted by Gasteiger charge is -2.18. The summed E-state index contributed by atoms with van der Waals surface area (Å²) < 4.78 is 4.78. The highest BCUT2D eigenvalue weighted by atomic mass is 16.5. The van der Waals surface area contributed by atoms with Crippen LogP contribution in [0.2, 0.25) is 0 Å². The SMILES string of the molecule is COCNCC(=O)NCC(=O)NCC1CCCCCC(N)CC1. The average molecular weight is 328 g/mol. The Balaban J connectivity index is 2.16. The van der Waals surface area contributed by atoms with Gasteiger partial charge in [-0.1, -0.05) is 19.3 Å². The van der Waals surface area contributed by atoms with Crippen molar-refractivity contribution < 1.29 is 14.3 Å². The Morgan fingerprint density at radius 2 is 1.74 bits per heavy atom. The molecule has 0 aromatic rings. The fraction of sp³-hybridized carbons (Fsp3) is 0.875. The summed E-state index contributed by atoms with van der Waals surface area (Å²) in [6, 6.07) is 0.296. The second-order valence-corrected chi connectivity index (χ2v) is 6.28. The van der Waals surface area contributed by atoms with Crippen molar-refractivity contribution in [1.82, 2.24) is 16.0 Å². The minimum absolute atomic E-state index is 0.0136. The Hall–Kier alpha value is -1.18. The highest BCUT2D eigenvalue weighted by Gasteiger charge is 2.15. The Bertz CT molecular complexity index is 352. The molecule has 0 spiro atoms.